The topological polar surface area (TPSA) is 38.0 Å². The monoisotopic (exact) mass is 236 g/mol. The smallest absolute Gasteiger partial charge is 0.146 e. The molecule has 0 saturated heterocycles. The number of benzene rings is 1. The minimum atomic E-state index is -0.151. The normalized spacial score (nSPS) is 17.1. The van der Waals surface area contributed by atoms with Gasteiger partial charge in [0.25, 0.3) is 0 Å². The van der Waals surface area contributed by atoms with Gasteiger partial charge in [0, 0.05) is 6.04 Å². The first kappa shape index (κ1) is 12.4. The molecule has 0 aliphatic heterocycles. The van der Waals surface area contributed by atoms with Crippen LogP contribution in [0.2, 0.25) is 0 Å². The van der Waals surface area contributed by atoms with Crippen LogP contribution in [-0.4, -0.2) is 12.6 Å². The van der Waals surface area contributed by atoms with Crippen LogP contribution in [0.15, 0.2) is 18.2 Å². The molecule has 3 N–H and O–H groups in total. The number of nitrogens with one attached hydrogen (secondary N) is 1. The molecule has 2 nitrogen and oxygen atoms in total. The van der Waals surface area contributed by atoms with Gasteiger partial charge in [-0.15, -0.1) is 0 Å². The van der Waals surface area contributed by atoms with E-state index in [1.54, 1.807) is 6.07 Å². The fourth-order valence-electron chi connectivity index (χ4n) is 2.46. The molecule has 3 heteroatoms. The highest BCUT2D eigenvalue weighted by Gasteiger charge is 2.14. The summed E-state index contributed by atoms with van der Waals surface area (Å²) in [7, 11) is 0. The molecule has 0 spiro atoms. The van der Waals surface area contributed by atoms with Crippen LogP contribution < -0.4 is 11.1 Å². The van der Waals surface area contributed by atoms with Crippen LogP contribution in [-0.2, 0) is 6.42 Å². The summed E-state index contributed by atoms with van der Waals surface area (Å²) < 4.78 is 13.8. The van der Waals surface area contributed by atoms with Crippen molar-refractivity contribution in [1.82, 2.24) is 0 Å². The molecule has 0 unspecified atom stereocenters. The molecule has 0 amide bonds. The Kier molecular flexibility index (Phi) is 4.37. The minimum absolute atomic E-state index is 0.151. The highest BCUT2D eigenvalue weighted by molar-refractivity contribution is 5.47. The number of hydrogen-bond acceptors (Lipinski definition) is 2. The first-order chi connectivity index (χ1) is 8.29. The Morgan fingerprint density at radius 3 is 2.65 bits per heavy atom. The van der Waals surface area contributed by atoms with Gasteiger partial charge in [0.15, 0.2) is 0 Å². The average molecular weight is 236 g/mol. The van der Waals surface area contributed by atoms with E-state index in [9.17, 15) is 4.39 Å². The summed E-state index contributed by atoms with van der Waals surface area (Å²) >= 11 is 0. The standard InChI is InChI=1S/C14H21FN2/c15-13-10-11(8-9-16)6-7-14(13)17-12-4-2-1-3-5-12/h6-7,10,12,17H,1-5,8-9,16H2. The van der Waals surface area contributed by atoms with E-state index < -0.39 is 0 Å². The maximum Gasteiger partial charge on any atom is 0.146 e. The van der Waals surface area contributed by atoms with Gasteiger partial charge in [-0.2, -0.15) is 0 Å². The van der Waals surface area contributed by atoms with Crippen molar-refractivity contribution in [2.75, 3.05) is 11.9 Å². The van der Waals surface area contributed by atoms with Crippen molar-refractivity contribution >= 4 is 5.69 Å². The molecule has 0 atom stereocenters. The zero-order valence-electron chi connectivity index (χ0n) is 10.2. The zero-order valence-corrected chi connectivity index (χ0v) is 10.2. The third-order valence-electron chi connectivity index (χ3n) is 3.43. The summed E-state index contributed by atoms with van der Waals surface area (Å²) in [6, 6.07) is 5.84. The molecule has 0 radical (unpaired) electrons. The lowest BCUT2D eigenvalue weighted by atomic mass is 9.95. The molecule has 2 rings (SSSR count). The largest absolute Gasteiger partial charge is 0.380 e. The van der Waals surface area contributed by atoms with Crippen LogP contribution in [0.5, 0.6) is 0 Å². The minimum Gasteiger partial charge on any atom is -0.380 e. The third-order valence-corrected chi connectivity index (χ3v) is 3.43. The van der Waals surface area contributed by atoms with Crippen LogP contribution in [0.1, 0.15) is 37.7 Å². The summed E-state index contributed by atoms with van der Waals surface area (Å²) in [5, 5.41) is 3.31. The second kappa shape index (κ2) is 6.01. The Bertz CT molecular complexity index is 359. The second-order valence-corrected chi connectivity index (χ2v) is 4.83. The van der Waals surface area contributed by atoms with Gasteiger partial charge in [-0.1, -0.05) is 25.3 Å². The molecule has 94 valence electrons. The molecule has 1 fully saturated rings. The number of rotatable bonds is 4. The van der Waals surface area contributed by atoms with Crippen molar-refractivity contribution in [3.05, 3.63) is 29.6 Å². The molecular formula is C14H21FN2. The molecule has 0 bridgehead atoms. The number of nitrogens with two attached hydrogens (primary N) is 1. The molecule has 1 aliphatic rings. The fraction of sp³-hybridized carbons (Fsp3) is 0.571. The molecule has 0 aromatic heterocycles. The lowest BCUT2D eigenvalue weighted by molar-refractivity contribution is 0.460. The van der Waals surface area contributed by atoms with Gasteiger partial charge in [-0.25, -0.2) is 4.39 Å². The van der Waals surface area contributed by atoms with E-state index >= 15 is 0 Å². The summed E-state index contributed by atoms with van der Waals surface area (Å²) in [6.45, 7) is 0.564. The van der Waals surface area contributed by atoms with Crippen LogP contribution in [0.25, 0.3) is 0 Å². The summed E-state index contributed by atoms with van der Waals surface area (Å²) in [5.41, 5.74) is 7.07. The summed E-state index contributed by atoms with van der Waals surface area (Å²) in [5.74, 6) is -0.151. The van der Waals surface area contributed by atoms with Crippen molar-refractivity contribution in [3.63, 3.8) is 0 Å². The van der Waals surface area contributed by atoms with E-state index in [0.29, 0.717) is 18.3 Å². The van der Waals surface area contributed by atoms with Crippen LogP contribution in [0.4, 0.5) is 10.1 Å². The van der Waals surface area contributed by atoms with Crippen LogP contribution in [0.3, 0.4) is 0 Å². The second-order valence-electron chi connectivity index (χ2n) is 4.83. The van der Waals surface area contributed by atoms with Gasteiger partial charge in [0.2, 0.25) is 0 Å². The van der Waals surface area contributed by atoms with E-state index in [2.05, 4.69) is 5.32 Å². The Balaban J connectivity index is 2.00. The Labute approximate surface area is 102 Å². The van der Waals surface area contributed by atoms with Crippen LogP contribution >= 0.6 is 0 Å². The van der Waals surface area contributed by atoms with Gasteiger partial charge < -0.3 is 11.1 Å². The van der Waals surface area contributed by atoms with Crippen molar-refractivity contribution in [3.8, 4) is 0 Å². The van der Waals surface area contributed by atoms with Crippen molar-refractivity contribution in [2.45, 2.75) is 44.6 Å². The lowest BCUT2D eigenvalue weighted by Crippen LogP contribution is -2.22. The molecule has 17 heavy (non-hydrogen) atoms. The SMILES string of the molecule is NCCc1ccc(NC2CCCCC2)c(F)c1. The van der Waals surface area contributed by atoms with Crippen molar-refractivity contribution < 1.29 is 4.39 Å². The molecular weight excluding hydrogens is 215 g/mol. The number of anilines is 1. The third kappa shape index (κ3) is 3.43. The maximum absolute atomic E-state index is 13.8. The first-order valence-corrected chi connectivity index (χ1v) is 6.54. The van der Waals surface area contributed by atoms with Gasteiger partial charge in [-0.05, 0) is 43.5 Å². The molecule has 1 aromatic carbocycles. The number of halogens is 1. The Morgan fingerprint density at radius 1 is 1.24 bits per heavy atom. The Hall–Kier alpha value is -1.09. The summed E-state index contributed by atoms with van der Waals surface area (Å²) in [6.07, 6.45) is 6.87. The van der Waals surface area contributed by atoms with E-state index in [1.807, 2.05) is 12.1 Å². The molecule has 0 heterocycles. The maximum atomic E-state index is 13.8. The number of hydrogen-bond donors (Lipinski definition) is 2. The van der Waals surface area contributed by atoms with Crippen LogP contribution in [0, 0.1) is 5.82 Å². The van der Waals surface area contributed by atoms with Crippen molar-refractivity contribution in [2.24, 2.45) is 5.73 Å². The van der Waals surface area contributed by atoms with E-state index in [-0.39, 0.29) is 5.82 Å². The average Bonchev–Trinajstić information content (AvgIpc) is 2.34. The van der Waals surface area contributed by atoms with E-state index in [1.165, 1.54) is 19.3 Å². The van der Waals surface area contributed by atoms with E-state index in [0.717, 1.165) is 24.8 Å². The quantitative estimate of drug-likeness (QED) is 0.843. The van der Waals surface area contributed by atoms with Gasteiger partial charge in [0.05, 0.1) is 5.69 Å². The Morgan fingerprint density at radius 2 is 2.00 bits per heavy atom. The fourth-order valence-corrected chi connectivity index (χ4v) is 2.46. The lowest BCUT2D eigenvalue weighted by Gasteiger charge is -2.24. The van der Waals surface area contributed by atoms with Gasteiger partial charge in [0.1, 0.15) is 5.82 Å². The summed E-state index contributed by atoms with van der Waals surface area (Å²) in [4.78, 5) is 0. The van der Waals surface area contributed by atoms with Crippen molar-refractivity contribution in [1.29, 1.82) is 0 Å². The zero-order chi connectivity index (χ0) is 12.1. The predicted molar refractivity (Wildman–Crippen MR) is 69.7 cm³/mol. The highest BCUT2D eigenvalue weighted by atomic mass is 19.1. The molecule has 1 aromatic rings. The predicted octanol–water partition coefficient (Wildman–Crippen LogP) is 3.07. The van der Waals surface area contributed by atoms with E-state index in [4.69, 9.17) is 5.73 Å². The molecule has 1 aliphatic carbocycles. The first-order valence-electron chi connectivity index (χ1n) is 6.54. The highest BCUT2D eigenvalue weighted by Crippen LogP contribution is 2.23. The molecule has 1 saturated carbocycles. The van der Waals surface area contributed by atoms with Gasteiger partial charge >= 0.3 is 0 Å². The van der Waals surface area contributed by atoms with Gasteiger partial charge in [-0.3, -0.25) is 0 Å².